The molecule has 0 saturated carbocycles. The first-order chi connectivity index (χ1) is 11.6. The Morgan fingerprint density at radius 2 is 1.96 bits per heavy atom. The van der Waals surface area contributed by atoms with E-state index in [1.54, 1.807) is 21.9 Å². The smallest absolute Gasteiger partial charge is 0.242 e. The van der Waals surface area contributed by atoms with Crippen LogP contribution in [0.2, 0.25) is 0 Å². The van der Waals surface area contributed by atoms with Crippen LogP contribution in [0.4, 0.5) is 4.39 Å². The Morgan fingerprint density at radius 3 is 2.67 bits per heavy atom. The second-order valence-electron chi connectivity index (χ2n) is 6.21. The summed E-state index contributed by atoms with van der Waals surface area (Å²) in [6.45, 7) is 2.24. The third-order valence-corrected chi connectivity index (χ3v) is 4.28. The van der Waals surface area contributed by atoms with Crippen LogP contribution < -0.4 is 5.73 Å². The van der Waals surface area contributed by atoms with Gasteiger partial charge in [-0.25, -0.2) is 4.39 Å². The van der Waals surface area contributed by atoms with Crippen molar-refractivity contribution in [1.29, 1.82) is 0 Å². The quantitative estimate of drug-likeness (QED) is 0.738. The van der Waals surface area contributed by atoms with Gasteiger partial charge in [0.15, 0.2) is 0 Å². The summed E-state index contributed by atoms with van der Waals surface area (Å²) in [5.41, 5.74) is 6.21. The summed E-state index contributed by atoms with van der Waals surface area (Å²) in [4.78, 5) is 27.7. The van der Waals surface area contributed by atoms with E-state index in [-0.39, 0.29) is 24.2 Å². The number of unbranched alkanes of at least 4 members (excludes halogenated alkanes) is 3. The van der Waals surface area contributed by atoms with Crippen LogP contribution in [-0.4, -0.2) is 47.8 Å². The summed E-state index contributed by atoms with van der Waals surface area (Å²) in [6.07, 6.45) is 4.37. The zero-order valence-corrected chi connectivity index (χ0v) is 14.0. The van der Waals surface area contributed by atoms with E-state index in [1.807, 2.05) is 0 Å². The van der Waals surface area contributed by atoms with Gasteiger partial charge in [0.25, 0.3) is 0 Å². The van der Waals surface area contributed by atoms with Crippen LogP contribution in [0.3, 0.4) is 0 Å². The summed E-state index contributed by atoms with van der Waals surface area (Å²) in [5, 5.41) is 0. The molecule has 0 spiro atoms. The molecule has 2 N–H and O–H groups in total. The van der Waals surface area contributed by atoms with Gasteiger partial charge >= 0.3 is 0 Å². The van der Waals surface area contributed by atoms with Crippen LogP contribution >= 0.6 is 0 Å². The maximum Gasteiger partial charge on any atom is 0.242 e. The van der Waals surface area contributed by atoms with E-state index in [2.05, 4.69) is 0 Å². The summed E-state index contributed by atoms with van der Waals surface area (Å²) in [6, 6.07) is 6.26. The van der Waals surface area contributed by atoms with E-state index in [9.17, 15) is 14.0 Å². The standard InChI is InChI=1S/C18H26FN3O2/c19-16-7-5-6-15(12-16)13-21-10-11-22(14-18(21)24)17(23)8-3-1-2-4-9-20/h5-7,12H,1-4,8-11,13-14,20H2. The van der Waals surface area contributed by atoms with Gasteiger partial charge in [-0.15, -0.1) is 0 Å². The molecule has 0 atom stereocenters. The van der Waals surface area contributed by atoms with Crippen molar-refractivity contribution < 1.29 is 14.0 Å². The zero-order valence-electron chi connectivity index (χ0n) is 14.0. The van der Waals surface area contributed by atoms with Crippen molar-refractivity contribution in [2.75, 3.05) is 26.2 Å². The van der Waals surface area contributed by atoms with Crippen molar-refractivity contribution in [3.05, 3.63) is 35.6 Å². The Hall–Kier alpha value is -1.95. The first-order valence-corrected chi connectivity index (χ1v) is 8.60. The molecule has 1 heterocycles. The van der Waals surface area contributed by atoms with Gasteiger partial charge in [-0.2, -0.15) is 0 Å². The number of piperazine rings is 1. The molecule has 1 aliphatic rings. The molecular formula is C18H26FN3O2. The fraction of sp³-hybridized carbons (Fsp3) is 0.556. The van der Waals surface area contributed by atoms with E-state index >= 15 is 0 Å². The van der Waals surface area contributed by atoms with Crippen LogP contribution in [0.15, 0.2) is 24.3 Å². The molecule has 1 aromatic carbocycles. The molecule has 1 aromatic rings. The third-order valence-electron chi connectivity index (χ3n) is 4.28. The van der Waals surface area contributed by atoms with Crippen molar-refractivity contribution >= 4 is 11.8 Å². The molecule has 0 bridgehead atoms. The highest BCUT2D eigenvalue weighted by Gasteiger charge is 2.26. The number of rotatable bonds is 8. The predicted octanol–water partition coefficient (Wildman–Crippen LogP) is 1.91. The Balaban J connectivity index is 1.75. The van der Waals surface area contributed by atoms with E-state index in [1.165, 1.54) is 12.1 Å². The van der Waals surface area contributed by atoms with Crippen molar-refractivity contribution in [3.8, 4) is 0 Å². The van der Waals surface area contributed by atoms with E-state index < -0.39 is 0 Å². The number of amides is 2. The molecule has 5 nitrogen and oxygen atoms in total. The van der Waals surface area contributed by atoms with Crippen LogP contribution in [0.25, 0.3) is 0 Å². The van der Waals surface area contributed by atoms with Crippen LogP contribution in [0.5, 0.6) is 0 Å². The van der Waals surface area contributed by atoms with E-state index in [0.29, 0.717) is 32.6 Å². The van der Waals surface area contributed by atoms with Crippen molar-refractivity contribution in [2.45, 2.75) is 38.6 Å². The van der Waals surface area contributed by atoms with Gasteiger partial charge in [-0.05, 0) is 37.1 Å². The second kappa shape index (κ2) is 9.37. The Bertz CT molecular complexity index is 565. The lowest BCUT2D eigenvalue weighted by atomic mass is 10.1. The van der Waals surface area contributed by atoms with Crippen molar-refractivity contribution in [3.63, 3.8) is 0 Å². The monoisotopic (exact) mass is 335 g/mol. The maximum atomic E-state index is 13.2. The average Bonchev–Trinajstić information content (AvgIpc) is 2.56. The van der Waals surface area contributed by atoms with Crippen LogP contribution in [-0.2, 0) is 16.1 Å². The van der Waals surface area contributed by atoms with Gasteiger partial charge in [-0.1, -0.05) is 25.0 Å². The van der Waals surface area contributed by atoms with E-state index in [4.69, 9.17) is 5.73 Å². The van der Waals surface area contributed by atoms with Gasteiger partial charge in [-0.3, -0.25) is 9.59 Å². The largest absolute Gasteiger partial charge is 0.335 e. The summed E-state index contributed by atoms with van der Waals surface area (Å²) < 4.78 is 13.2. The minimum Gasteiger partial charge on any atom is -0.335 e. The predicted molar refractivity (Wildman–Crippen MR) is 90.5 cm³/mol. The summed E-state index contributed by atoms with van der Waals surface area (Å²) in [7, 11) is 0. The van der Waals surface area contributed by atoms with Gasteiger partial charge in [0.1, 0.15) is 5.82 Å². The lowest BCUT2D eigenvalue weighted by Crippen LogP contribution is -2.51. The number of nitrogens with zero attached hydrogens (tertiary/aromatic N) is 2. The van der Waals surface area contributed by atoms with Crippen LogP contribution in [0, 0.1) is 5.82 Å². The Kier molecular flexibility index (Phi) is 7.18. The minimum absolute atomic E-state index is 0.0431. The normalized spacial score (nSPS) is 15.0. The summed E-state index contributed by atoms with van der Waals surface area (Å²) in [5.74, 6) is -0.341. The molecule has 2 amide bonds. The number of carbonyl (C=O) groups excluding carboxylic acids is 2. The molecule has 1 aliphatic heterocycles. The first kappa shape index (κ1) is 18.4. The molecular weight excluding hydrogens is 309 g/mol. The summed E-state index contributed by atoms with van der Waals surface area (Å²) >= 11 is 0. The van der Waals surface area contributed by atoms with Crippen LogP contribution in [0.1, 0.15) is 37.7 Å². The number of hydrogen-bond acceptors (Lipinski definition) is 3. The Labute approximate surface area is 142 Å². The fourth-order valence-electron chi connectivity index (χ4n) is 2.88. The van der Waals surface area contributed by atoms with Gasteiger partial charge < -0.3 is 15.5 Å². The highest BCUT2D eigenvalue weighted by atomic mass is 19.1. The topological polar surface area (TPSA) is 66.6 Å². The zero-order chi connectivity index (χ0) is 17.4. The van der Waals surface area contributed by atoms with Crippen molar-refractivity contribution in [1.82, 2.24) is 9.80 Å². The lowest BCUT2D eigenvalue weighted by molar-refractivity contribution is -0.145. The molecule has 0 aliphatic carbocycles. The average molecular weight is 335 g/mol. The molecule has 2 rings (SSSR count). The molecule has 1 saturated heterocycles. The number of hydrogen-bond donors (Lipinski definition) is 1. The van der Waals surface area contributed by atoms with Crippen molar-refractivity contribution in [2.24, 2.45) is 5.73 Å². The third kappa shape index (κ3) is 5.60. The molecule has 0 radical (unpaired) electrons. The van der Waals surface area contributed by atoms with Gasteiger partial charge in [0.2, 0.25) is 11.8 Å². The Morgan fingerprint density at radius 1 is 1.17 bits per heavy atom. The van der Waals surface area contributed by atoms with Gasteiger partial charge in [0, 0.05) is 26.1 Å². The van der Waals surface area contributed by atoms with Gasteiger partial charge in [0.05, 0.1) is 6.54 Å². The maximum absolute atomic E-state index is 13.2. The molecule has 0 aromatic heterocycles. The number of benzene rings is 1. The lowest BCUT2D eigenvalue weighted by Gasteiger charge is -2.34. The highest BCUT2D eigenvalue weighted by molar-refractivity contribution is 5.86. The molecule has 1 fully saturated rings. The first-order valence-electron chi connectivity index (χ1n) is 8.60. The molecule has 24 heavy (non-hydrogen) atoms. The molecule has 6 heteroatoms. The highest BCUT2D eigenvalue weighted by Crippen LogP contribution is 2.13. The molecule has 132 valence electrons. The minimum atomic E-state index is -0.302. The number of nitrogens with two attached hydrogens (primary N) is 1. The number of carbonyl (C=O) groups is 2. The number of halogens is 1. The SMILES string of the molecule is NCCCCCCC(=O)N1CCN(Cc2cccc(F)c2)C(=O)C1. The fourth-order valence-corrected chi connectivity index (χ4v) is 2.88. The molecule has 0 unspecified atom stereocenters. The van der Waals surface area contributed by atoms with E-state index in [0.717, 1.165) is 31.2 Å². The second-order valence-corrected chi connectivity index (χ2v) is 6.21.